The van der Waals surface area contributed by atoms with Crippen molar-refractivity contribution in [3.8, 4) is 0 Å². The van der Waals surface area contributed by atoms with Crippen LogP contribution in [0.2, 0.25) is 0 Å². The topological polar surface area (TPSA) is 165 Å². The summed E-state index contributed by atoms with van der Waals surface area (Å²) in [6.07, 6.45) is 4.27. The molecule has 1 unspecified atom stereocenters. The number of benzene rings is 1. The number of aliphatic hydroxyl groups is 1. The van der Waals surface area contributed by atoms with E-state index in [0.29, 0.717) is 19.5 Å². The lowest BCUT2D eigenvalue weighted by Crippen LogP contribution is -2.57. The fraction of sp³-hybridized carbons (Fsp3) is 0.654. The summed E-state index contributed by atoms with van der Waals surface area (Å²) in [5.74, 6) is -1.62. The van der Waals surface area contributed by atoms with E-state index >= 15 is 0 Å². The molecule has 1 aliphatic carbocycles. The molecule has 0 bridgehead atoms. The maximum Gasteiger partial charge on any atom is 0.318 e. The van der Waals surface area contributed by atoms with Crippen molar-refractivity contribution in [2.24, 2.45) is 11.8 Å². The number of aliphatic hydroxyl groups excluding tert-OH is 1. The van der Waals surface area contributed by atoms with Gasteiger partial charge in [-0.1, -0.05) is 57.0 Å². The van der Waals surface area contributed by atoms with Gasteiger partial charge in [-0.3, -0.25) is 14.1 Å². The first-order chi connectivity index (χ1) is 18.0. The molecule has 212 valence electrons. The highest BCUT2D eigenvalue weighted by molar-refractivity contribution is 7.86. The summed E-state index contributed by atoms with van der Waals surface area (Å²) in [5, 5.41) is 18.3. The van der Waals surface area contributed by atoms with Gasteiger partial charge in [-0.05, 0) is 43.6 Å². The molecule has 1 saturated carbocycles. The summed E-state index contributed by atoms with van der Waals surface area (Å²) in [7, 11) is -4.92. The molecule has 4 amide bonds. The van der Waals surface area contributed by atoms with E-state index in [-0.39, 0.29) is 30.7 Å². The minimum absolute atomic E-state index is 0.00524. The molecule has 0 spiro atoms. The second-order valence-corrected chi connectivity index (χ2v) is 12.2. The number of hydrogen-bond acceptors (Lipinski definition) is 6. The van der Waals surface area contributed by atoms with Crippen molar-refractivity contribution < 1.29 is 32.5 Å². The van der Waals surface area contributed by atoms with E-state index in [2.05, 4.69) is 16.0 Å². The molecular formula is C26H40N4O7S. The quantitative estimate of drug-likeness (QED) is 0.247. The van der Waals surface area contributed by atoms with Crippen LogP contribution in [0.4, 0.5) is 4.79 Å². The summed E-state index contributed by atoms with van der Waals surface area (Å²) >= 11 is 0. The Hall–Kier alpha value is -2.70. The maximum absolute atomic E-state index is 13.5. The fourth-order valence-corrected chi connectivity index (χ4v) is 5.81. The molecule has 12 heteroatoms. The lowest BCUT2D eigenvalue weighted by atomic mass is 9.97. The number of rotatable bonds is 12. The zero-order chi connectivity index (χ0) is 27.9. The van der Waals surface area contributed by atoms with Crippen molar-refractivity contribution in [3.05, 3.63) is 35.9 Å². The SMILES string of the molecule is CC(C)C[C@H](NC(=O)N(Cc1ccccc1)C1CCCC1)C(=O)N[C@@H](C[C@@H]1CCNC1=O)C(O)S(=O)(=O)O. The molecule has 11 nitrogen and oxygen atoms in total. The van der Waals surface area contributed by atoms with Crippen molar-refractivity contribution in [2.45, 2.75) is 88.9 Å². The summed E-state index contributed by atoms with van der Waals surface area (Å²) in [6.45, 7) is 4.56. The number of carbonyl (C=O) groups is 3. The van der Waals surface area contributed by atoms with Crippen LogP contribution >= 0.6 is 0 Å². The first-order valence-corrected chi connectivity index (χ1v) is 14.8. The highest BCUT2D eigenvalue weighted by Gasteiger charge is 2.38. The predicted molar refractivity (Wildman–Crippen MR) is 141 cm³/mol. The smallest absolute Gasteiger partial charge is 0.318 e. The zero-order valence-electron chi connectivity index (χ0n) is 22.0. The molecule has 0 aromatic heterocycles. The Morgan fingerprint density at radius 3 is 2.32 bits per heavy atom. The van der Waals surface area contributed by atoms with Crippen molar-refractivity contribution >= 4 is 28.0 Å². The van der Waals surface area contributed by atoms with Crippen molar-refractivity contribution in [1.29, 1.82) is 0 Å². The van der Waals surface area contributed by atoms with Crippen molar-refractivity contribution in [2.75, 3.05) is 6.54 Å². The van der Waals surface area contributed by atoms with Gasteiger partial charge in [0.25, 0.3) is 10.1 Å². The van der Waals surface area contributed by atoms with Crippen LogP contribution in [-0.2, 0) is 26.3 Å². The van der Waals surface area contributed by atoms with Gasteiger partial charge in [0, 0.05) is 25.0 Å². The van der Waals surface area contributed by atoms with Crippen LogP contribution in [0.25, 0.3) is 0 Å². The van der Waals surface area contributed by atoms with Gasteiger partial charge in [-0.2, -0.15) is 8.42 Å². The van der Waals surface area contributed by atoms with Gasteiger partial charge in [0.05, 0.1) is 6.04 Å². The Balaban J connectivity index is 1.78. The number of carbonyl (C=O) groups excluding carboxylic acids is 3. The molecule has 4 atom stereocenters. The van der Waals surface area contributed by atoms with Crippen molar-refractivity contribution in [3.63, 3.8) is 0 Å². The van der Waals surface area contributed by atoms with Crippen LogP contribution in [-0.4, -0.2) is 70.9 Å². The van der Waals surface area contributed by atoms with Gasteiger partial charge in [-0.25, -0.2) is 4.79 Å². The van der Waals surface area contributed by atoms with Gasteiger partial charge in [0.1, 0.15) is 6.04 Å². The lowest BCUT2D eigenvalue weighted by molar-refractivity contribution is -0.126. The maximum atomic E-state index is 13.5. The van der Waals surface area contributed by atoms with Gasteiger partial charge in [-0.15, -0.1) is 0 Å². The number of nitrogens with zero attached hydrogens (tertiary/aromatic N) is 1. The molecule has 2 fully saturated rings. The third-order valence-corrected chi connectivity index (χ3v) is 8.16. The number of hydrogen-bond donors (Lipinski definition) is 5. The van der Waals surface area contributed by atoms with Gasteiger partial charge in [0.2, 0.25) is 17.3 Å². The zero-order valence-corrected chi connectivity index (χ0v) is 22.8. The Morgan fingerprint density at radius 1 is 1.11 bits per heavy atom. The first-order valence-electron chi connectivity index (χ1n) is 13.3. The van der Waals surface area contributed by atoms with Gasteiger partial charge in [0.15, 0.2) is 0 Å². The average Bonchev–Trinajstić information content (AvgIpc) is 3.53. The third kappa shape index (κ3) is 8.40. The Bertz CT molecular complexity index is 1060. The van der Waals surface area contributed by atoms with Gasteiger partial charge >= 0.3 is 6.03 Å². The van der Waals surface area contributed by atoms with E-state index in [1.807, 2.05) is 44.2 Å². The summed E-state index contributed by atoms with van der Waals surface area (Å²) in [6, 6.07) is 6.77. The van der Waals surface area contributed by atoms with Crippen LogP contribution in [0.15, 0.2) is 30.3 Å². The van der Waals surface area contributed by atoms with Crippen LogP contribution in [0.5, 0.6) is 0 Å². The highest BCUT2D eigenvalue weighted by atomic mass is 32.2. The lowest BCUT2D eigenvalue weighted by Gasteiger charge is -2.32. The fourth-order valence-electron chi connectivity index (χ4n) is 5.21. The summed E-state index contributed by atoms with van der Waals surface area (Å²) in [4.78, 5) is 40.7. The summed E-state index contributed by atoms with van der Waals surface area (Å²) < 4.78 is 32.9. The molecule has 1 saturated heterocycles. The number of nitrogens with one attached hydrogen (secondary N) is 3. The number of urea groups is 1. The Kier molecular flexibility index (Phi) is 10.5. The molecule has 38 heavy (non-hydrogen) atoms. The van der Waals surface area contributed by atoms with E-state index in [0.717, 1.165) is 31.2 Å². The van der Waals surface area contributed by atoms with E-state index in [1.165, 1.54) is 0 Å². The molecule has 3 rings (SSSR count). The van der Waals surface area contributed by atoms with Crippen LogP contribution in [0.3, 0.4) is 0 Å². The largest absolute Gasteiger partial charge is 0.374 e. The minimum atomic E-state index is -4.92. The minimum Gasteiger partial charge on any atom is -0.374 e. The van der Waals surface area contributed by atoms with Crippen molar-refractivity contribution in [1.82, 2.24) is 20.9 Å². The average molecular weight is 553 g/mol. The third-order valence-electron chi connectivity index (χ3n) is 7.22. The molecule has 2 aliphatic rings. The molecule has 5 N–H and O–H groups in total. The number of amides is 4. The monoisotopic (exact) mass is 552 g/mol. The van der Waals surface area contributed by atoms with Crippen LogP contribution < -0.4 is 16.0 Å². The molecule has 1 heterocycles. The first kappa shape index (κ1) is 29.9. The normalized spacial score (nSPS) is 20.6. The van der Waals surface area contributed by atoms with E-state index < -0.39 is 45.5 Å². The second-order valence-electron chi connectivity index (χ2n) is 10.7. The predicted octanol–water partition coefficient (Wildman–Crippen LogP) is 1.77. The van der Waals surface area contributed by atoms with E-state index in [9.17, 15) is 32.5 Å². The van der Waals surface area contributed by atoms with E-state index in [4.69, 9.17) is 0 Å². The molecule has 1 aliphatic heterocycles. The molecule has 0 radical (unpaired) electrons. The Morgan fingerprint density at radius 2 is 1.76 bits per heavy atom. The standard InChI is InChI=1S/C26H40N4O7S/c1-17(2)14-21(24(32)28-22(25(33)38(35,36)37)15-19-12-13-27-23(19)31)29-26(34)30(20-10-6-7-11-20)16-18-8-4-3-5-9-18/h3-5,8-9,17,19-22,25,33H,6-7,10-16H2,1-2H3,(H,27,31)(H,28,32)(H,29,34)(H,35,36,37)/t19-,21-,22-,25?/m0/s1. The second kappa shape index (κ2) is 13.4. The van der Waals surface area contributed by atoms with Crippen LogP contribution in [0, 0.1) is 11.8 Å². The summed E-state index contributed by atoms with van der Waals surface area (Å²) in [5.41, 5.74) is -1.35. The highest BCUT2D eigenvalue weighted by Crippen LogP contribution is 2.26. The van der Waals surface area contributed by atoms with E-state index in [1.54, 1.807) is 4.90 Å². The van der Waals surface area contributed by atoms with Crippen LogP contribution in [0.1, 0.15) is 64.4 Å². The molecular weight excluding hydrogens is 512 g/mol. The van der Waals surface area contributed by atoms with Gasteiger partial charge < -0.3 is 26.0 Å². The Labute approximate surface area is 224 Å². The molecule has 1 aromatic carbocycles. The molecule has 1 aromatic rings.